The van der Waals surface area contributed by atoms with Crippen LogP contribution in [0.1, 0.15) is 28.7 Å². The molecule has 0 aromatic carbocycles. The lowest BCUT2D eigenvalue weighted by Gasteiger charge is -1.89. The third kappa shape index (κ3) is 1.77. The number of thiazole rings is 1. The standard InChI is InChI=1S/C7H10N2OS/c1-2-3-5-6(4-10)11-7(8)9-5/h4H,2-3H2,1H3,(H2,8,9). The van der Waals surface area contributed by atoms with Crippen LogP contribution in [0.2, 0.25) is 0 Å². The van der Waals surface area contributed by atoms with Gasteiger partial charge < -0.3 is 5.73 Å². The van der Waals surface area contributed by atoms with Gasteiger partial charge in [-0.05, 0) is 6.42 Å². The molecule has 1 heterocycles. The van der Waals surface area contributed by atoms with Crippen molar-refractivity contribution in [2.24, 2.45) is 0 Å². The Labute approximate surface area is 69.3 Å². The zero-order chi connectivity index (χ0) is 8.27. The number of anilines is 1. The minimum Gasteiger partial charge on any atom is -0.375 e. The van der Waals surface area contributed by atoms with Crippen LogP contribution < -0.4 is 5.73 Å². The molecule has 0 saturated carbocycles. The van der Waals surface area contributed by atoms with E-state index >= 15 is 0 Å². The molecule has 3 nitrogen and oxygen atoms in total. The zero-order valence-electron chi connectivity index (χ0n) is 6.33. The van der Waals surface area contributed by atoms with Gasteiger partial charge in [0.2, 0.25) is 0 Å². The van der Waals surface area contributed by atoms with Crippen LogP contribution in [-0.2, 0) is 6.42 Å². The van der Waals surface area contributed by atoms with Crippen LogP contribution in [0.3, 0.4) is 0 Å². The van der Waals surface area contributed by atoms with Gasteiger partial charge in [0.25, 0.3) is 0 Å². The van der Waals surface area contributed by atoms with Crippen LogP contribution in [0.4, 0.5) is 5.13 Å². The highest BCUT2D eigenvalue weighted by Gasteiger charge is 2.06. The van der Waals surface area contributed by atoms with Crippen molar-refractivity contribution in [3.8, 4) is 0 Å². The number of nitrogens with zero attached hydrogens (tertiary/aromatic N) is 1. The van der Waals surface area contributed by atoms with Crippen LogP contribution in [0.5, 0.6) is 0 Å². The van der Waals surface area contributed by atoms with E-state index in [1.807, 2.05) is 6.92 Å². The summed E-state index contributed by atoms with van der Waals surface area (Å²) in [6, 6.07) is 0. The van der Waals surface area contributed by atoms with Gasteiger partial charge in [0.1, 0.15) is 0 Å². The molecule has 0 amide bonds. The van der Waals surface area contributed by atoms with E-state index in [1.54, 1.807) is 0 Å². The first-order valence-corrected chi connectivity index (χ1v) is 4.30. The highest BCUT2D eigenvalue weighted by atomic mass is 32.1. The molecule has 1 rings (SSSR count). The summed E-state index contributed by atoms with van der Waals surface area (Å²) in [4.78, 5) is 15.1. The van der Waals surface area contributed by atoms with Crippen molar-refractivity contribution in [2.45, 2.75) is 19.8 Å². The first-order valence-electron chi connectivity index (χ1n) is 3.48. The van der Waals surface area contributed by atoms with Crippen molar-refractivity contribution in [3.05, 3.63) is 10.6 Å². The lowest BCUT2D eigenvalue weighted by Crippen LogP contribution is -1.89. The zero-order valence-corrected chi connectivity index (χ0v) is 7.15. The van der Waals surface area contributed by atoms with Crippen LogP contribution in [0.15, 0.2) is 0 Å². The van der Waals surface area contributed by atoms with E-state index in [0.29, 0.717) is 10.0 Å². The molecule has 60 valence electrons. The van der Waals surface area contributed by atoms with Gasteiger partial charge in [0, 0.05) is 0 Å². The molecule has 0 unspecified atom stereocenters. The molecule has 1 aromatic heterocycles. The van der Waals surface area contributed by atoms with Crippen LogP contribution in [-0.4, -0.2) is 11.3 Å². The smallest absolute Gasteiger partial charge is 0.180 e. The van der Waals surface area contributed by atoms with Gasteiger partial charge in [0.05, 0.1) is 10.6 Å². The second-order valence-electron chi connectivity index (χ2n) is 2.23. The molecule has 2 N–H and O–H groups in total. The first kappa shape index (κ1) is 8.20. The Balaban J connectivity index is 2.92. The molecule has 0 radical (unpaired) electrons. The quantitative estimate of drug-likeness (QED) is 0.699. The number of carbonyl (C=O) groups is 1. The van der Waals surface area contributed by atoms with Crippen molar-refractivity contribution in [3.63, 3.8) is 0 Å². The minimum atomic E-state index is 0.482. The number of aryl methyl sites for hydroxylation is 1. The van der Waals surface area contributed by atoms with Gasteiger partial charge in [-0.2, -0.15) is 0 Å². The number of aromatic nitrogens is 1. The Morgan fingerprint density at radius 3 is 3.00 bits per heavy atom. The molecule has 0 saturated heterocycles. The van der Waals surface area contributed by atoms with Gasteiger partial charge in [-0.25, -0.2) is 4.98 Å². The summed E-state index contributed by atoms with van der Waals surface area (Å²) in [5, 5.41) is 0.482. The van der Waals surface area contributed by atoms with Gasteiger partial charge in [-0.1, -0.05) is 24.7 Å². The Kier molecular flexibility index (Phi) is 2.59. The van der Waals surface area contributed by atoms with Gasteiger partial charge >= 0.3 is 0 Å². The maximum Gasteiger partial charge on any atom is 0.180 e. The normalized spacial score (nSPS) is 9.91. The molecule has 0 fully saturated rings. The summed E-state index contributed by atoms with van der Waals surface area (Å²) in [6.45, 7) is 2.05. The van der Waals surface area contributed by atoms with Crippen LogP contribution >= 0.6 is 11.3 Å². The minimum absolute atomic E-state index is 0.482. The fourth-order valence-corrected chi connectivity index (χ4v) is 1.59. The van der Waals surface area contributed by atoms with Gasteiger partial charge in [-0.15, -0.1) is 0 Å². The monoisotopic (exact) mass is 170 g/mol. The maximum atomic E-state index is 10.4. The van der Waals surface area contributed by atoms with E-state index < -0.39 is 0 Å². The molecule has 4 heteroatoms. The summed E-state index contributed by atoms with van der Waals surface area (Å²) in [5.74, 6) is 0. The second-order valence-corrected chi connectivity index (χ2v) is 3.29. The number of rotatable bonds is 3. The number of hydrogen-bond donors (Lipinski definition) is 1. The topological polar surface area (TPSA) is 56.0 Å². The average molecular weight is 170 g/mol. The Morgan fingerprint density at radius 1 is 1.73 bits per heavy atom. The number of carbonyl (C=O) groups excluding carboxylic acids is 1. The van der Waals surface area contributed by atoms with E-state index in [4.69, 9.17) is 5.73 Å². The molecule has 0 bridgehead atoms. The van der Waals surface area contributed by atoms with E-state index in [1.165, 1.54) is 11.3 Å². The van der Waals surface area contributed by atoms with Gasteiger partial charge in [-0.3, -0.25) is 4.79 Å². The molecular weight excluding hydrogens is 160 g/mol. The SMILES string of the molecule is CCCc1nc(N)sc1C=O. The summed E-state index contributed by atoms with van der Waals surface area (Å²) in [6.07, 6.45) is 2.64. The molecule has 0 spiro atoms. The van der Waals surface area contributed by atoms with Crippen molar-refractivity contribution in [1.29, 1.82) is 0 Å². The summed E-state index contributed by atoms with van der Waals surface area (Å²) in [5.41, 5.74) is 6.27. The molecule has 0 aliphatic carbocycles. The Bertz CT molecular complexity index is 257. The number of aldehydes is 1. The fourth-order valence-electron chi connectivity index (χ4n) is 0.890. The largest absolute Gasteiger partial charge is 0.375 e. The van der Waals surface area contributed by atoms with Crippen LogP contribution in [0.25, 0.3) is 0 Å². The first-order chi connectivity index (χ1) is 5.27. The third-order valence-corrected chi connectivity index (χ3v) is 2.19. The molecule has 11 heavy (non-hydrogen) atoms. The van der Waals surface area contributed by atoms with Crippen molar-refractivity contribution < 1.29 is 4.79 Å². The second kappa shape index (κ2) is 3.48. The van der Waals surface area contributed by atoms with E-state index in [-0.39, 0.29) is 0 Å². The molecule has 0 aliphatic rings. The van der Waals surface area contributed by atoms with Crippen molar-refractivity contribution >= 4 is 22.8 Å². The summed E-state index contributed by atoms with van der Waals surface area (Å²) >= 11 is 1.25. The van der Waals surface area contributed by atoms with Crippen LogP contribution in [0, 0.1) is 0 Å². The molecular formula is C7H10N2OS. The van der Waals surface area contributed by atoms with E-state index in [9.17, 15) is 4.79 Å². The Hall–Kier alpha value is -0.900. The molecule has 0 aliphatic heterocycles. The van der Waals surface area contributed by atoms with Crippen molar-refractivity contribution in [1.82, 2.24) is 4.98 Å². The maximum absolute atomic E-state index is 10.4. The third-order valence-electron chi connectivity index (χ3n) is 1.34. The number of nitrogen functional groups attached to an aromatic ring is 1. The van der Waals surface area contributed by atoms with Gasteiger partial charge in [0.15, 0.2) is 11.4 Å². The van der Waals surface area contributed by atoms with E-state index in [0.717, 1.165) is 24.8 Å². The number of nitrogens with two attached hydrogens (primary N) is 1. The number of hydrogen-bond acceptors (Lipinski definition) is 4. The summed E-state index contributed by atoms with van der Waals surface area (Å²) in [7, 11) is 0. The average Bonchev–Trinajstić information content (AvgIpc) is 2.32. The summed E-state index contributed by atoms with van der Waals surface area (Å²) < 4.78 is 0. The molecule has 1 aromatic rings. The van der Waals surface area contributed by atoms with E-state index in [2.05, 4.69) is 4.98 Å². The van der Waals surface area contributed by atoms with Crippen molar-refractivity contribution in [2.75, 3.05) is 5.73 Å². The highest BCUT2D eigenvalue weighted by Crippen LogP contribution is 2.19. The molecule has 0 atom stereocenters. The predicted octanol–water partition coefficient (Wildman–Crippen LogP) is 1.49. The lowest BCUT2D eigenvalue weighted by atomic mass is 10.2. The fraction of sp³-hybridized carbons (Fsp3) is 0.429. The highest BCUT2D eigenvalue weighted by molar-refractivity contribution is 7.17. The predicted molar refractivity (Wildman–Crippen MR) is 45.9 cm³/mol. The lowest BCUT2D eigenvalue weighted by molar-refractivity contribution is 0.112. The Morgan fingerprint density at radius 2 is 2.45 bits per heavy atom.